The van der Waals surface area contributed by atoms with Crippen molar-refractivity contribution in [1.82, 2.24) is 4.98 Å². The minimum Gasteiger partial charge on any atom is -0.439 e. The summed E-state index contributed by atoms with van der Waals surface area (Å²) in [4.78, 5) is 15.0. The van der Waals surface area contributed by atoms with Gasteiger partial charge in [0.2, 0.25) is 11.8 Å². The summed E-state index contributed by atoms with van der Waals surface area (Å²) < 4.78 is 5.45. The Hall–Kier alpha value is -2.56. The maximum absolute atomic E-state index is 11.0. The summed E-state index contributed by atoms with van der Waals surface area (Å²) in [5.74, 6) is 0.349. The van der Waals surface area contributed by atoms with E-state index in [-0.39, 0.29) is 0 Å². The molecule has 0 atom stereocenters. The van der Waals surface area contributed by atoms with Crippen molar-refractivity contribution < 1.29 is 9.53 Å². The molecular formula is C12H11N3O2. The fourth-order valence-electron chi connectivity index (χ4n) is 1.31. The van der Waals surface area contributed by atoms with Gasteiger partial charge in [0.1, 0.15) is 5.75 Å². The van der Waals surface area contributed by atoms with Crippen LogP contribution < -0.4 is 16.2 Å². The zero-order chi connectivity index (χ0) is 12.3. The Morgan fingerprint density at radius 2 is 2.06 bits per heavy atom. The van der Waals surface area contributed by atoms with E-state index in [1.807, 2.05) is 0 Å². The summed E-state index contributed by atoms with van der Waals surface area (Å²) in [5.41, 5.74) is 11.7. The molecule has 0 aliphatic rings. The van der Waals surface area contributed by atoms with Crippen LogP contribution in [-0.2, 0) is 0 Å². The number of hydrogen-bond acceptors (Lipinski definition) is 4. The smallest absolute Gasteiger partial charge is 0.248 e. The number of aromatic nitrogens is 1. The molecule has 0 saturated carbocycles. The Kier molecular flexibility index (Phi) is 2.91. The number of carbonyl (C=O) groups is 1. The normalized spacial score (nSPS) is 9.88. The van der Waals surface area contributed by atoms with Crippen LogP contribution in [0.4, 0.5) is 5.69 Å². The monoisotopic (exact) mass is 229 g/mol. The molecule has 0 unspecified atom stereocenters. The maximum Gasteiger partial charge on any atom is 0.248 e. The van der Waals surface area contributed by atoms with E-state index < -0.39 is 5.91 Å². The lowest BCUT2D eigenvalue weighted by molar-refractivity contribution is 0.1000. The third-order valence-electron chi connectivity index (χ3n) is 2.10. The van der Waals surface area contributed by atoms with Gasteiger partial charge in [0, 0.05) is 23.5 Å². The number of benzene rings is 1. The topological polar surface area (TPSA) is 91.2 Å². The Balaban J connectivity index is 2.24. The van der Waals surface area contributed by atoms with Gasteiger partial charge in [-0.15, -0.1) is 0 Å². The summed E-state index contributed by atoms with van der Waals surface area (Å²) in [7, 11) is 0. The lowest BCUT2D eigenvalue weighted by atomic mass is 10.2. The molecule has 0 spiro atoms. The Bertz CT molecular complexity index is 555. The molecule has 0 radical (unpaired) electrons. The quantitative estimate of drug-likeness (QED) is 0.835. The first kappa shape index (κ1) is 10.9. The highest BCUT2D eigenvalue weighted by Gasteiger charge is 2.03. The van der Waals surface area contributed by atoms with E-state index in [1.165, 1.54) is 0 Å². The minimum atomic E-state index is -0.504. The number of pyridine rings is 1. The van der Waals surface area contributed by atoms with Crippen LogP contribution in [0.2, 0.25) is 0 Å². The number of nitrogens with two attached hydrogens (primary N) is 2. The number of primary amides is 1. The molecule has 1 aromatic heterocycles. The summed E-state index contributed by atoms with van der Waals surface area (Å²) in [6.07, 6.45) is 1.54. The molecule has 5 heteroatoms. The molecular weight excluding hydrogens is 218 g/mol. The molecule has 4 N–H and O–H groups in total. The van der Waals surface area contributed by atoms with E-state index in [9.17, 15) is 4.79 Å². The highest BCUT2D eigenvalue weighted by molar-refractivity contribution is 5.93. The average molecular weight is 229 g/mol. The summed E-state index contributed by atoms with van der Waals surface area (Å²) in [6, 6.07) is 9.80. The number of nitrogens with zero attached hydrogens (tertiary/aromatic N) is 1. The first-order chi connectivity index (χ1) is 8.15. The molecule has 1 aromatic carbocycles. The number of ether oxygens (including phenoxy) is 1. The molecule has 5 nitrogen and oxygen atoms in total. The molecule has 0 saturated heterocycles. The second kappa shape index (κ2) is 4.52. The zero-order valence-electron chi connectivity index (χ0n) is 8.96. The number of rotatable bonds is 3. The van der Waals surface area contributed by atoms with E-state index in [0.717, 1.165) is 0 Å². The fourth-order valence-corrected chi connectivity index (χ4v) is 1.31. The predicted octanol–water partition coefficient (Wildman–Crippen LogP) is 1.55. The standard InChI is InChI=1S/C12H11N3O2/c13-9-4-5-15-11(7-9)17-10-3-1-2-8(6-10)12(14)16/h1-7H,(H2,13,15)(H2,14,16). The van der Waals surface area contributed by atoms with Crippen LogP contribution in [0.15, 0.2) is 42.6 Å². The lowest BCUT2D eigenvalue weighted by Gasteiger charge is -2.05. The van der Waals surface area contributed by atoms with Crippen LogP contribution in [0.3, 0.4) is 0 Å². The largest absolute Gasteiger partial charge is 0.439 e. The lowest BCUT2D eigenvalue weighted by Crippen LogP contribution is -2.10. The van der Waals surface area contributed by atoms with Crippen molar-refractivity contribution >= 4 is 11.6 Å². The predicted molar refractivity (Wildman–Crippen MR) is 63.7 cm³/mol. The van der Waals surface area contributed by atoms with Crippen molar-refractivity contribution in [2.24, 2.45) is 5.73 Å². The number of amides is 1. The first-order valence-electron chi connectivity index (χ1n) is 4.94. The third-order valence-corrected chi connectivity index (χ3v) is 2.10. The van der Waals surface area contributed by atoms with Crippen LogP contribution in [0.1, 0.15) is 10.4 Å². The molecule has 0 aliphatic heterocycles. The second-order valence-corrected chi connectivity index (χ2v) is 3.42. The minimum absolute atomic E-state index is 0.367. The molecule has 1 amide bonds. The van der Waals surface area contributed by atoms with E-state index in [0.29, 0.717) is 22.9 Å². The van der Waals surface area contributed by atoms with Crippen LogP contribution in [0, 0.1) is 0 Å². The van der Waals surface area contributed by atoms with Gasteiger partial charge in [0.05, 0.1) is 0 Å². The van der Waals surface area contributed by atoms with E-state index in [1.54, 1.807) is 42.6 Å². The third kappa shape index (κ3) is 2.72. The number of hydrogen-bond donors (Lipinski definition) is 2. The first-order valence-corrected chi connectivity index (χ1v) is 4.94. The van der Waals surface area contributed by atoms with Gasteiger partial charge in [-0.3, -0.25) is 4.79 Å². The highest BCUT2D eigenvalue weighted by atomic mass is 16.5. The molecule has 86 valence electrons. The second-order valence-electron chi connectivity index (χ2n) is 3.42. The van der Waals surface area contributed by atoms with Crippen LogP contribution >= 0.6 is 0 Å². The SMILES string of the molecule is NC(=O)c1cccc(Oc2cc(N)ccn2)c1. The number of nitrogen functional groups attached to an aromatic ring is 1. The Morgan fingerprint density at radius 1 is 1.24 bits per heavy atom. The summed E-state index contributed by atoms with van der Waals surface area (Å²) in [5, 5.41) is 0. The van der Waals surface area contributed by atoms with Gasteiger partial charge < -0.3 is 16.2 Å². The van der Waals surface area contributed by atoms with Crippen molar-refractivity contribution in [2.75, 3.05) is 5.73 Å². The van der Waals surface area contributed by atoms with Crippen LogP contribution in [-0.4, -0.2) is 10.9 Å². The van der Waals surface area contributed by atoms with Gasteiger partial charge in [0.15, 0.2) is 0 Å². The van der Waals surface area contributed by atoms with Gasteiger partial charge in [-0.05, 0) is 24.3 Å². The maximum atomic E-state index is 11.0. The molecule has 0 aliphatic carbocycles. The zero-order valence-corrected chi connectivity index (χ0v) is 8.96. The molecule has 17 heavy (non-hydrogen) atoms. The molecule has 0 bridgehead atoms. The number of carbonyl (C=O) groups excluding carboxylic acids is 1. The van der Waals surface area contributed by atoms with Crippen molar-refractivity contribution in [1.29, 1.82) is 0 Å². The van der Waals surface area contributed by atoms with Gasteiger partial charge >= 0.3 is 0 Å². The van der Waals surface area contributed by atoms with Gasteiger partial charge in [-0.25, -0.2) is 4.98 Å². The Morgan fingerprint density at radius 3 is 2.76 bits per heavy atom. The summed E-state index contributed by atoms with van der Waals surface area (Å²) in [6.45, 7) is 0. The van der Waals surface area contributed by atoms with E-state index in [2.05, 4.69) is 4.98 Å². The molecule has 2 rings (SSSR count). The van der Waals surface area contributed by atoms with Crippen molar-refractivity contribution in [3.8, 4) is 11.6 Å². The van der Waals surface area contributed by atoms with E-state index in [4.69, 9.17) is 16.2 Å². The van der Waals surface area contributed by atoms with Crippen molar-refractivity contribution in [2.45, 2.75) is 0 Å². The van der Waals surface area contributed by atoms with Gasteiger partial charge in [-0.1, -0.05) is 6.07 Å². The van der Waals surface area contributed by atoms with Crippen molar-refractivity contribution in [3.63, 3.8) is 0 Å². The fraction of sp³-hybridized carbons (Fsp3) is 0. The van der Waals surface area contributed by atoms with Crippen LogP contribution in [0.25, 0.3) is 0 Å². The molecule has 1 heterocycles. The molecule has 0 fully saturated rings. The van der Waals surface area contributed by atoms with Crippen molar-refractivity contribution in [3.05, 3.63) is 48.2 Å². The Labute approximate surface area is 98.0 Å². The van der Waals surface area contributed by atoms with Gasteiger partial charge in [0.25, 0.3) is 0 Å². The summed E-state index contributed by atoms with van der Waals surface area (Å²) >= 11 is 0. The highest BCUT2D eigenvalue weighted by Crippen LogP contribution is 2.21. The van der Waals surface area contributed by atoms with Gasteiger partial charge in [-0.2, -0.15) is 0 Å². The van der Waals surface area contributed by atoms with Crippen LogP contribution in [0.5, 0.6) is 11.6 Å². The molecule has 2 aromatic rings. The number of anilines is 1. The van der Waals surface area contributed by atoms with E-state index >= 15 is 0 Å². The average Bonchev–Trinajstić information content (AvgIpc) is 2.29.